The van der Waals surface area contributed by atoms with Gasteiger partial charge < -0.3 is 14.3 Å². The van der Waals surface area contributed by atoms with E-state index >= 15 is 0 Å². The normalized spacial score (nSPS) is 11.1. The highest BCUT2D eigenvalue weighted by Crippen LogP contribution is 2.34. The molecular formula is C12H11ClO4. The van der Waals surface area contributed by atoms with Gasteiger partial charge in [0.25, 0.3) is 5.76 Å². The van der Waals surface area contributed by atoms with Crippen molar-refractivity contribution in [2.24, 2.45) is 0 Å². The lowest BCUT2D eigenvalue weighted by atomic mass is 10.2. The van der Waals surface area contributed by atoms with Crippen LogP contribution in [0.1, 0.15) is 24.4 Å². The number of carbonyl (C=O) groups is 1. The average Bonchev–Trinajstić information content (AvgIpc) is 2.55. The minimum Gasteiger partial charge on any atom is -0.504 e. The van der Waals surface area contributed by atoms with Crippen molar-refractivity contribution in [1.82, 2.24) is 0 Å². The molecule has 0 unspecified atom stereocenters. The molecule has 0 aliphatic heterocycles. The van der Waals surface area contributed by atoms with Crippen LogP contribution in [0.4, 0.5) is 0 Å². The highest BCUT2D eigenvalue weighted by molar-refractivity contribution is 6.31. The summed E-state index contributed by atoms with van der Waals surface area (Å²) in [5, 5.41) is 10.7. The van der Waals surface area contributed by atoms with Gasteiger partial charge in [0, 0.05) is 5.02 Å². The average molecular weight is 255 g/mol. The smallest absolute Gasteiger partial charge is 0.378 e. The summed E-state index contributed by atoms with van der Waals surface area (Å²) in [6.07, 6.45) is -0.279. The topological polar surface area (TPSA) is 59.7 Å². The number of benzene rings is 1. The molecular weight excluding hydrogens is 244 g/mol. The Labute approximate surface area is 103 Å². The number of halogens is 1. The number of hydrogen-bond donors (Lipinski definition) is 1. The van der Waals surface area contributed by atoms with E-state index in [0.29, 0.717) is 16.0 Å². The second kappa shape index (κ2) is 4.30. The van der Waals surface area contributed by atoms with Crippen molar-refractivity contribution in [3.8, 4) is 5.75 Å². The SMILES string of the molecule is CC(C)OC(=O)c1oc2ccc(Cl)cc2c1O. The molecule has 0 radical (unpaired) electrons. The van der Waals surface area contributed by atoms with Gasteiger partial charge in [-0.1, -0.05) is 11.6 Å². The van der Waals surface area contributed by atoms with Crippen molar-refractivity contribution in [3.63, 3.8) is 0 Å². The molecule has 1 aromatic heterocycles. The van der Waals surface area contributed by atoms with E-state index in [1.54, 1.807) is 26.0 Å². The first-order valence-corrected chi connectivity index (χ1v) is 5.49. The third kappa shape index (κ3) is 2.22. The van der Waals surface area contributed by atoms with Gasteiger partial charge in [-0.25, -0.2) is 4.79 Å². The molecule has 2 aromatic rings. The van der Waals surface area contributed by atoms with Crippen LogP contribution < -0.4 is 0 Å². The van der Waals surface area contributed by atoms with Crippen molar-refractivity contribution < 1.29 is 19.1 Å². The Kier molecular flexibility index (Phi) is 2.98. The lowest BCUT2D eigenvalue weighted by Crippen LogP contribution is -2.10. The van der Waals surface area contributed by atoms with Crippen LogP contribution in [0.25, 0.3) is 11.0 Å². The molecule has 0 aliphatic carbocycles. The standard InChI is InChI=1S/C12H11ClO4/c1-6(2)16-12(15)11-10(14)8-5-7(13)3-4-9(8)17-11/h3-6,14H,1-2H3. The highest BCUT2D eigenvalue weighted by Gasteiger charge is 2.22. The lowest BCUT2D eigenvalue weighted by Gasteiger charge is -2.05. The molecule has 0 amide bonds. The molecule has 1 heterocycles. The number of hydrogen-bond acceptors (Lipinski definition) is 4. The molecule has 4 nitrogen and oxygen atoms in total. The molecule has 1 N–H and O–H groups in total. The van der Waals surface area contributed by atoms with Crippen molar-refractivity contribution in [2.45, 2.75) is 20.0 Å². The summed E-state index contributed by atoms with van der Waals surface area (Å²) in [4.78, 5) is 11.6. The van der Waals surface area contributed by atoms with Crippen LogP contribution in [0.2, 0.25) is 5.02 Å². The monoisotopic (exact) mass is 254 g/mol. The van der Waals surface area contributed by atoms with Crippen LogP contribution in [-0.2, 0) is 4.74 Å². The highest BCUT2D eigenvalue weighted by atomic mass is 35.5. The Morgan fingerprint density at radius 1 is 1.47 bits per heavy atom. The molecule has 5 heteroatoms. The summed E-state index contributed by atoms with van der Waals surface area (Å²) >= 11 is 5.79. The van der Waals surface area contributed by atoms with Gasteiger partial charge in [-0.3, -0.25) is 0 Å². The quantitative estimate of drug-likeness (QED) is 0.835. The second-order valence-corrected chi connectivity index (χ2v) is 4.31. The van der Waals surface area contributed by atoms with E-state index in [0.717, 1.165) is 0 Å². The van der Waals surface area contributed by atoms with Gasteiger partial charge in [0.1, 0.15) is 5.58 Å². The number of carbonyl (C=O) groups excluding carboxylic acids is 1. The van der Waals surface area contributed by atoms with E-state index < -0.39 is 5.97 Å². The van der Waals surface area contributed by atoms with Crippen molar-refractivity contribution in [2.75, 3.05) is 0 Å². The maximum absolute atomic E-state index is 11.6. The molecule has 0 spiro atoms. The minimum atomic E-state index is -0.690. The van der Waals surface area contributed by atoms with Gasteiger partial charge in [-0.05, 0) is 32.0 Å². The van der Waals surface area contributed by atoms with Crippen molar-refractivity contribution >= 4 is 28.5 Å². The number of aromatic hydroxyl groups is 1. The molecule has 1 aromatic carbocycles. The fourth-order valence-electron chi connectivity index (χ4n) is 1.46. The molecule has 0 fully saturated rings. The summed E-state index contributed by atoms with van der Waals surface area (Å²) in [5.74, 6) is -1.13. The number of fused-ring (bicyclic) bond motifs is 1. The van der Waals surface area contributed by atoms with E-state index in [1.807, 2.05) is 0 Å². The molecule has 90 valence electrons. The Bertz CT molecular complexity index is 571. The first-order valence-electron chi connectivity index (χ1n) is 5.11. The molecule has 0 atom stereocenters. The summed E-state index contributed by atoms with van der Waals surface area (Å²) in [6, 6.07) is 4.73. The van der Waals surface area contributed by atoms with Gasteiger partial charge in [0.15, 0.2) is 5.75 Å². The summed E-state index contributed by atoms with van der Waals surface area (Å²) < 4.78 is 10.2. The van der Waals surface area contributed by atoms with E-state index in [-0.39, 0.29) is 17.6 Å². The number of ether oxygens (including phenoxy) is 1. The van der Waals surface area contributed by atoms with Crippen LogP contribution in [0, 0.1) is 0 Å². The molecule has 2 rings (SSSR count). The Balaban J connectivity index is 2.49. The van der Waals surface area contributed by atoms with Crippen LogP contribution in [0.15, 0.2) is 22.6 Å². The number of esters is 1. The summed E-state index contributed by atoms with van der Waals surface area (Å²) in [7, 11) is 0. The first-order chi connectivity index (χ1) is 7.99. The van der Waals surface area contributed by atoms with Crippen molar-refractivity contribution in [3.05, 3.63) is 29.0 Å². The van der Waals surface area contributed by atoms with Crippen LogP contribution in [0.3, 0.4) is 0 Å². The third-order valence-electron chi connectivity index (χ3n) is 2.15. The lowest BCUT2D eigenvalue weighted by molar-refractivity contribution is 0.0339. The van der Waals surface area contributed by atoms with Crippen LogP contribution >= 0.6 is 11.6 Å². The third-order valence-corrected chi connectivity index (χ3v) is 2.39. The second-order valence-electron chi connectivity index (χ2n) is 3.87. The summed E-state index contributed by atoms with van der Waals surface area (Å²) in [5.41, 5.74) is 0.391. The summed E-state index contributed by atoms with van der Waals surface area (Å²) in [6.45, 7) is 3.43. The Morgan fingerprint density at radius 2 is 2.18 bits per heavy atom. The Morgan fingerprint density at radius 3 is 2.82 bits per heavy atom. The number of furan rings is 1. The Hall–Kier alpha value is -1.68. The molecule has 17 heavy (non-hydrogen) atoms. The van der Waals surface area contributed by atoms with Gasteiger partial charge in [-0.2, -0.15) is 0 Å². The first kappa shape index (κ1) is 11.8. The molecule has 0 bridgehead atoms. The zero-order chi connectivity index (χ0) is 12.6. The minimum absolute atomic E-state index is 0.198. The molecule has 0 aliphatic rings. The van der Waals surface area contributed by atoms with Gasteiger partial charge >= 0.3 is 5.97 Å². The van der Waals surface area contributed by atoms with Crippen LogP contribution in [0.5, 0.6) is 5.75 Å². The predicted molar refractivity (Wildman–Crippen MR) is 63.4 cm³/mol. The maximum Gasteiger partial charge on any atom is 0.378 e. The molecule has 0 saturated carbocycles. The van der Waals surface area contributed by atoms with E-state index in [9.17, 15) is 9.90 Å². The van der Waals surface area contributed by atoms with E-state index in [4.69, 9.17) is 20.8 Å². The molecule has 0 saturated heterocycles. The van der Waals surface area contributed by atoms with Gasteiger partial charge in [0.2, 0.25) is 0 Å². The fourth-order valence-corrected chi connectivity index (χ4v) is 1.63. The fraction of sp³-hybridized carbons (Fsp3) is 0.250. The van der Waals surface area contributed by atoms with Gasteiger partial charge in [0.05, 0.1) is 11.5 Å². The van der Waals surface area contributed by atoms with E-state index in [2.05, 4.69) is 0 Å². The van der Waals surface area contributed by atoms with Gasteiger partial charge in [-0.15, -0.1) is 0 Å². The zero-order valence-corrected chi connectivity index (χ0v) is 10.1. The van der Waals surface area contributed by atoms with Crippen LogP contribution in [-0.4, -0.2) is 17.2 Å². The van der Waals surface area contributed by atoms with E-state index in [1.165, 1.54) is 6.07 Å². The zero-order valence-electron chi connectivity index (χ0n) is 9.36. The number of rotatable bonds is 2. The largest absolute Gasteiger partial charge is 0.504 e. The maximum atomic E-state index is 11.6. The van der Waals surface area contributed by atoms with Crippen molar-refractivity contribution in [1.29, 1.82) is 0 Å². The predicted octanol–water partition coefficient (Wildman–Crippen LogP) is 3.36.